The van der Waals surface area contributed by atoms with Gasteiger partial charge in [0.1, 0.15) is 0 Å². The number of hydrogen-bond acceptors (Lipinski definition) is 4. The molecule has 0 aliphatic carbocycles. The Hall–Kier alpha value is -0.370. The molecule has 0 N–H and O–H groups in total. The van der Waals surface area contributed by atoms with E-state index in [1.54, 1.807) is 9.12 Å². The predicted octanol–water partition coefficient (Wildman–Crippen LogP) is 3.75. The van der Waals surface area contributed by atoms with Gasteiger partial charge in [0.25, 0.3) is 0 Å². The first-order valence-electron chi connectivity index (χ1n) is 7.35. The lowest BCUT2D eigenvalue weighted by Crippen LogP contribution is -2.12. The fourth-order valence-electron chi connectivity index (χ4n) is 3.52. The Balaban J connectivity index is 1.93. The van der Waals surface area contributed by atoms with Crippen LogP contribution in [0.15, 0.2) is 24.7 Å². The van der Waals surface area contributed by atoms with E-state index in [0.29, 0.717) is 11.8 Å². The van der Waals surface area contributed by atoms with E-state index in [0.717, 1.165) is 29.9 Å². The standard InChI is InChI=1S/C14H17IN5PS/c1-2-9-7-18(21)8-10(9)12-5-16-13-6-17-14-11(20(12)13)3-4-19(14)22-15/h3-6,9-10H,2,7-8,21H2,1H3. The maximum Gasteiger partial charge on any atom is 0.167 e. The van der Waals surface area contributed by atoms with Gasteiger partial charge in [-0.3, -0.25) is 13.0 Å². The van der Waals surface area contributed by atoms with Crippen LogP contribution in [0.5, 0.6) is 0 Å². The molecule has 1 fully saturated rings. The molecule has 8 heteroatoms. The molecule has 4 rings (SSSR count). The molecule has 0 bridgehead atoms. The smallest absolute Gasteiger partial charge is 0.167 e. The summed E-state index contributed by atoms with van der Waals surface area (Å²) in [6, 6.07) is 2.14. The normalized spacial score (nSPS) is 23.0. The molecule has 3 unspecified atom stereocenters. The second-order valence-electron chi connectivity index (χ2n) is 5.78. The van der Waals surface area contributed by atoms with Crippen LogP contribution < -0.4 is 0 Å². The average molecular weight is 445 g/mol. The van der Waals surface area contributed by atoms with Crippen LogP contribution in [0.3, 0.4) is 0 Å². The van der Waals surface area contributed by atoms with Crippen molar-refractivity contribution >= 4 is 56.5 Å². The Labute approximate surface area is 147 Å². The van der Waals surface area contributed by atoms with Crippen LogP contribution in [0, 0.1) is 5.92 Å². The zero-order valence-corrected chi connectivity index (χ0v) is 16.3. The zero-order chi connectivity index (χ0) is 15.3. The van der Waals surface area contributed by atoms with Gasteiger partial charge in [-0.2, -0.15) is 0 Å². The van der Waals surface area contributed by atoms with Gasteiger partial charge in [0.05, 0.1) is 11.7 Å². The van der Waals surface area contributed by atoms with Crippen LogP contribution in [-0.4, -0.2) is 36.1 Å². The Morgan fingerprint density at radius 3 is 3.00 bits per heavy atom. The van der Waals surface area contributed by atoms with Crippen molar-refractivity contribution < 1.29 is 0 Å². The lowest BCUT2D eigenvalue weighted by Gasteiger charge is -2.16. The van der Waals surface area contributed by atoms with Gasteiger partial charge < -0.3 is 0 Å². The topological polar surface area (TPSA) is 38.4 Å². The molecule has 3 aromatic rings. The van der Waals surface area contributed by atoms with E-state index >= 15 is 0 Å². The average Bonchev–Trinajstić information content (AvgIpc) is 3.20. The molecule has 3 atom stereocenters. The molecular formula is C14H17IN5PS. The van der Waals surface area contributed by atoms with Crippen molar-refractivity contribution in [3.63, 3.8) is 0 Å². The summed E-state index contributed by atoms with van der Waals surface area (Å²) in [4.78, 5) is 9.17. The number of rotatable bonds is 3. The van der Waals surface area contributed by atoms with Crippen LogP contribution in [0.1, 0.15) is 25.0 Å². The summed E-state index contributed by atoms with van der Waals surface area (Å²) >= 11 is 2.28. The summed E-state index contributed by atoms with van der Waals surface area (Å²) in [5.41, 5.74) is 4.40. The van der Waals surface area contributed by atoms with Gasteiger partial charge >= 0.3 is 0 Å². The van der Waals surface area contributed by atoms with Crippen molar-refractivity contribution in [3.05, 3.63) is 30.4 Å². The number of fused-ring (bicyclic) bond motifs is 3. The largest absolute Gasteiger partial charge is 0.292 e. The number of halogens is 1. The van der Waals surface area contributed by atoms with Crippen LogP contribution in [0.4, 0.5) is 0 Å². The van der Waals surface area contributed by atoms with Crippen molar-refractivity contribution in [3.8, 4) is 0 Å². The second-order valence-corrected chi connectivity index (χ2v) is 8.23. The summed E-state index contributed by atoms with van der Waals surface area (Å²) < 4.78 is 6.73. The molecule has 0 saturated carbocycles. The van der Waals surface area contributed by atoms with Gasteiger partial charge in [-0.15, -0.1) is 0 Å². The molecule has 1 saturated heterocycles. The van der Waals surface area contributed by atoms with Crippen molar-refractivity contribution in [2.75, 3.05) is 13.1 Å². The Kier molecular flexibility index (Phi) is 4.09. The van der Waals surface area contributed by atoms with Crippen molar-refractivity contribution in [1.29, 1.82) is 0 Å². The molecule has 5 nitrogen and oxygen atoms in total. The Bertz CT molecular complexity index is 831. The van der Waals surface area contributed by atoms with Crippen LogP contribution >= 0.6 is 39.7 Å². The SMILES string of the molecule is CCC1CN(P)CC1c1cnc2cnc3c(ccn3SI)n12. The Morgan fingerprint density at radius 2 is 2.23 bits per heavy atom. The van der Waals surface area contributed by atoms with E-state index in [2.05, 4.69) is 72.8 Å². The highest BCUT2D eigenvalue weighted by Crippen LogP contribution is 2.37. The van der Waals surface area contributed by atoms with Gasteiger partial charge in [-0.25, -0.2) is 9.97 Å². The minimum Gasteiger partial charge on any atom is -0.292 e. The summed E-state index contributed by atoms with van der Waals surface area (Å²) in [6.07, 6.45) is 7.19. The lowest BCUT2D eigenvalue weighted by molar-refractivity contribution is 0.482. The number of aromatic nitrogens is 4. The molecule has 0 spiro atoms. The van der Waals surface area contributed by atoms with Crippen molar-refractivity contribution in [2.24, 2.45) is 5.92 Å². The van der Waals surface area contributed by atoms with Gasteiger partial charge in [0.2, 0.25) is 0 Å². The molecule has 1 aliphatic rings. The summed E-state index contributed by atoms with van der Waals surface area (Å²) in [5, 5.41) is 0. The molecule has 3 aromatic heterocycles. The van der Waals surface area contributed by atoms with Crippen LogP contribution in [0.2, 0.25) is 0 Å². The predicted molar refractivity (Wildman–Crippen MR) is 103 cm³/mol. The van der Waals surface area contributed by atoms with E-state index in [1.165, 1.54) is 12.1 Å². The summed E-state index contributed by atoms with van der Waals surface area (Å²) in [6.45, 7) is 4.49. The zero-order valence-electron chi connectivity index (χ0n) is 12.2. The van der Waals surface area contributed by atoms with Crippen LogP contribution in [0.25, 0.3) is 16.8 Å². The van der Waals surface area contributed by atoms with E-state index in [-0.39, 0.29) is 0 Å². The molecule has 1 aliphatic heterocycles. The summed E-state index contributed by atoms with van der Waals surface area (Å²) in [5.74, 6) is 1.21. The number of imidazole rings is 1. The fraction of sp³-hybridized carbons (Fsp3) is 0.429. The highest BCUT2D eigenvalue weighted by Gasteiger charge is 2.33. The van der Waals surface area contributed by atoms with Gasteiger partial charge in [0.15, 0.2) is 11.3 Å². The highest BCUT2D eigenvalue weighted by atomic mass is 127. The third-order valence-corrected chi connectivity index (χ3v) is 6.75. The Morgan fingerprint density at radius 1 is 1.36 bits per heavy atom. The number of hydrogen-bond donors (Lipinski definition) is 0. The molecule has 22 heavy (non-hydrogen) atoms. The molecule has 116 valence electrons. The fourth-order valence-corrected chi connectivity index (χ4v) is 5.28. The maximum atomic E-state index is 4.60. The second kappa shape index (κ2) is 5.92. The van der Waals surface area contributed by atoms with Crippen molar-refractivity contribution in [2.45, 2.75) is 19.3 Å². The molecule has 0 amide bonds. The molecule has 0 aromatic carbocycles. The summed E-state index contributed by atoms with van der Waals surface area (Å²) in [7, 11) is 4.49. The van der Waals surface area contributed by atoms with Gasteiger partial charge in [-0.1, -0.05) is 22.7 Å². The van der Waals surface area contributed by atoms with E-state index in [1.807, 2.05) is 12.4 Å². The number of nitrogens with zero attached hydrogens (tertiary/aromatic N) is 5. The minimum atomic E-state index is 0.527. The minimum absolute atomic E-state index is 0.527. The first kappa shape index (κ1) is 15.2. The first-order valence-corrected chi connectivity index (χ1v) is 11.2. The van der Waals surface area contributed by atoms with Crippen LogP contribution in [-0.2, 0) is 0 Å². The molecule has 0 radical (unpaired) electrons. The molecular weight excluding hydrogens is 428 g/mol. The first-order chi connectivity index (χ1) is 10.7. The van der Waals surface area contributed by atoms with E-state index in [4.69, 9.17) is 0 Å². The van der Waals surface area contributed by atoms with Crippen molar-refractivity contribution in [1.82, 2.24) is 23.0 Å². The molecule has 4 heterocycles. The van der Waals surface area contributed by atoms with E-state index in [9.17, 15) is 0 Å². The maximum absolute atomic E-state index is 4.60. The third kappa shape index (κ3) is 2.28. The lowest BCUT2D eigenvalue weighted by atomic mass is 9.91. The quantitative estimate of drug-likeness (QED) is 0.455. The van der Waals surface area contributed by atoms with E-state index < -0.39 is 0 Å². The monoisotopic (exact) mass is 445 g/mol. The third-order valence-electron chi connectivity index (χ3n) is 4.61. The van der Waals surface area contributed by atoms with Gasteiger partial charge in [-0.05, 0) is 12.0 Å². The highest BCUT2D eigenvalue weighted by molar-refractivity contribution is 14.2. The van der Waals surface area contributed by atoms with Gasteiger partial charge in [0, 0.05) is 67.4 Å².